The number of aryl methyl sites for hydroxylation is 2. The first kappa shape index (κ1) is 17.9. The summed E-state index contributed by atoms with van der Waals surface area (Å²) in [5, 5.41) is 9.29. The van der Waals surface area contributed by atoms with Crippen LogP contribution >= 0.6 is 0 Å². The molecule has 6 nitrogen and oxygen atoms in total. The zero-order valence-corrected chi connectivity index (χ0v) is 14.9. The number of carboxylic acids is 1. The van der Waals surface area contributed by atoms with Crippen molar-refractivity contribution in [2.45, 2.75) is 39.3 Å². The number of hydrogen-bond acceptors (Lipinski definition) is 4. The zero-order valence-electron chi connectivity index (χ0n) is 14.9. The van der Waals surface area contributed by atoms with Gasteiger partial charge in [-0.05, 0) is 56.0 Å². The van der Waals surface area contributed by atoms with E-state index in [4.69, 9.17) is 4.74 Å². The number of aromatic nitrogens is 1. The highest BCUT2D eigenvalue weighted by Crippen LogP contribution is 2.28. The van der Waals surface area contributed by atoms with Crippen molar-refractivity contribution in [2.75, 3.05) is 6.54 Å². The fraction of sp³-hybridized carbons (Fsp3) is 0.350. The SMILES string of the molecule is Cc1cc(C(=O)N2CCCC2C(=O)O)cc(C)c1OCc1cccnc1. The molecule has 2 aromatic rings. The first-order valence-electron chi connectivity index (χ1n) is 8.64. The van der Waals surface area contributed by atoms with E-state index in [1.807, 2.05) is 26.0 Å². The normalized spacial score (nSPS) is 16.5. The molecule has 1 aliphatic heterocycles. The fourth-order valence-corrected chi connectivity index (χ4v) is 3.37. The molecule has 0 saturated carbocycles. The quantitative estimate of drug-likeness (QED) is 0.893. The van der Waals surface area contributed by atoms with E-state index in [1.165, 1.54) is 4.90 Å². The summed E-state index contributed by atoms with van der Waals surface area (Å²) in [6.07, 6.45) is 4.68. The Bertz CT molecular complexity index is 797. The summed E-state index contributed by atoms with van der Waals surface area (Å²) in [5.41, 5.74) is 3.17. The van der Waals surface area contributed by atoms with Gasteiger partial charge in [0.2, 0.25) is 0 Å². The van der Waals surface area contributed by atoms with Gasteiger partial charge >= 0.3 is 5.97 Å². The molecule has 1 fully saturated rings. The molecule has 1 N–H and O–H groups in total. The Balaban J connectivity index is 1.78. The van der Waals surface area contributed by atoms with Crippen LogP contribution in [0.4, 0.5) is 0 Å². The van der Waals surface area contributed by atoms with Crippen LogP contribution in [-0.2, 0) is 11.4 Å². The maximum absolute atomic E-state index is 12.8. The highest BCUT2D eigenvalue weighted by atomic mass is 16.5. The number of pyridine rings is 1. The summed E-state index contributed by atoms with van der Waals surface area (Å²) in [6.45, 7) is 4.66. The average molecular weight is 354 g/mol. The lowest BCUT2D eigenvalue weighted by Crippen LogP contribution is -2.40. The second-order valence-corrected chi connectivity index (χ2v) is 6.58. The molecule has 0 radical (unpaired) electrons. The molecule has 1 saturated heterocycles. The van der Waals surface area contributed by atoms with E-state index in [0.29, 0.717) is 31.6 Å². The van der Waals surface area contributed by atoms with E-state index in [1.54, 1.807) is 24.5 Å². The average Bonchev–Trinajstić information content (AvgIpc) is 3.11. The summed E-state index contributed by atoms with van der Waals surface area (Å²) >= 11 is 0. The molecule has 0 aliphatic carbocycles. The minimum atomic E-state index is -0.944. The van der Waals surface area contributed by atoms with Gasteiger partial charge in [0.15, 0.2) is 0 Å². The molecule has 1 unspecified atom stereocenters. The van der Waals surface area contributed by atoms with Gasteiger partial charge in [0.25, 0.3) is 5.91 Å². The van der Waals surface area contributed by atoms with Crippen LogP contribution in [0.25, 0.3) is 0 Å². The molecular formula is C20H22N2O4. The van der Waals surface area contributed by atoms with Gasteiger partial charge in [0.1, 0.15) is 18.4 Å². The van der Waals surface area contributed by atoms with E-state index >= 15 is 0 Å². The predicted molar refractivity (Wildman–Crippen MR) is 96.2 cm³/mol. The largest absolute Gasteiger partial charge is 0.488 e. The van der Waals surface area contributed by atoms with Crippen LogP contribution in [0.3, 0.4) is 0 Å². The molecule has 1 amide bonds. The third-order valence-electron chi connectivity index (χ3n) is 4.61. The van der Waals surface area contributed by atoms with Gasteiger partial charge < -0.3 is 14.7 Å². The number of rotatable bonds is 5. The molecule has 1 atom stereocenters. The number of likely N-dealkylation sites (tertiary alicyclic amines) is 1. The maximum Gasteiger partial charge on any atom is 0.326 e. The molecule has 0 bridgehead atoms. The summed E-state index contributed by atoms with van der Waals surface area (Å²) in [7, 11) is 0. The van der Waals surface area contributed by atoms with Gasteiger partial charge in [0, 0.05) is 30.1 Å². The minimum absolute atomic E-state index is 0.236. The molecule has 2 heterocycles. The summed E-state index contributed by atoms with van der Waals surface area (Å²) in [6, 6.07) is 6.60. The van der Waals surface area contributed by atoms with E-state index in [9.17, 15) is 14.7 Å². The lowest BCUT2D eigenvalue weighted by Gasteiger charge is -2.22. The lowest BCUT2D eigenvalue weighted by atomic mass is 10.0. The third-order valence-corrected chi connectivity index (χ3v) is 4.61. The Morgan fingerprint density at radius 2 is 2.04 bits per heavy atom. The zero-order chi connectivity index (χ0) is 18.7. The van der Waals surface area contributed by atoms with Crippen molar-refractivity contribution in [3.63, 3.8) is 0 Å². The molecule has 1 aliphatic rings. The molecule has 26 heavy (non-hydrogen) atoms. The van der Waals surface area contributed by atoms with E-state index in [2.05, 4.69) is 4.98 Å². The van der Waals surface area contributed by atoms with Crippen LogP contribution in [0, 0.1) is 13.8 Å². The van der Waals surface area contributed by atoms with Crippen LogP contribution in [0.1, 0.15) is 39.9 Å². The number of hydrogen-bond donors (Lipinski definition) is 1. The molecule has 136 valence electrons. The lowest BCUT2D eigenvalue weighted by molar-refractivity contribution is -0.141. The van der Waals surface area contributed by atoms with Gasteiger partial charge in [-0.15, -0.1) is 0 Å². The van der Waals surface area contributed by atoms with E-state index in [0.717, 1.165) is 22.4 Å². The Morgan fingerprint density at radius 3 is 2.65 bits per heavy atom. The van der Waals surface area contributed by atoms with Crippen molar-refractivity contribution in [3.8, 4) is 5.75 Å². The van der Waals surface area contributed by atoms with Gasteiger partial charge in [-0.2, -0.15) is 0 Å². The first-order valence-corrected chi connectivity index (χ1v) is 8.64. The summed E-state index contributed by atoms with van der Waals surface area (Å²) in [4.78, 5) is 29.6. The van der Waals surface area contributed by atoms with Crippen molar-refractivity contribution >= 4 is 11.9 Å². The van der Waals surface area contributed by atoms with Gasteiger partial charge in [-0.3, -0.25) is 9.78 Å². The van der Waals surface area contributed by atoms with Gasteiger partial charge in [-0.25, -0.2) is 4.79 Å². The molecule has 3 rings (SSSR count). The number of benzene rings is 1. The molecule has 6 heteroatoms. The van der Waals surface area contributed by atoms with Gasteiger partial charge in [0.05, 0.1) is 0 Å². The summed E-state index contributed by atoms with van der Waals surface area (Å²) < 4.78 is 5.91. The van der Waals surface area contributed by atoms with E-state index < -0.39 is 12.0 Å². The minimum Gasteiger partial charge on any atom is -0.488 e. The second kappa shape index (κ2) is 7.56. The van der Waals surface area contributed by atoms with E-state index in [-0.39, 0.29) is 5.91 Å². The third kappa shape index (κ3) is 3.69. The van der Waals surface area contributed by atoms with Crippen molar-refractivity contribution < 1.29 is 19.4 Å². The Morgan fingerprint density at radius 1 is 1.31 bits per heavy atom. The monoisotopic (exact) mass is 354 g/mol. The van der Waals surface area contributed by atoms with Crippen molar-refractivity contribution in [1.29, 1.82) is 0 Å². The Labute approximate surface area is 152 Å². The second-order valence-electron chi connectivity index (χ2n) is 6.58. The smallest absolute Gasteiger partial charge is 0.326 e. The van der Waals surface area contributed by atoms with Crippen LogP contribution < -0.4 is 4.74 Å². The highest BCUT2D eigenvalue weighted by Gasteiger charge is 2.34. The number of ether oxygens (including phenoxy) is 1. The van der Waals surface area contributed by atoms with Crippen molar-refractivity contribution in [1.82, 2.24) is 9.88 Å². The molecule has 1 aromatic carbocycles. The highest BCUT2D eigenvalue weighted by molar-refractivity contribution is 5.97. The van der Waals surface area contributed by atoms with Gasteiger partial charge in [-0.1, -0.05) is 6.07 Å². The van der Waals surface area contributed by atoms with Crippen LogP contribution in [-0.4, -0.2) is 39.5 Å². The van der Waals surface area contributed by atoms with Crippen molar-refractivity contribution in [2.24, 2.45) is 0 Å². The fourth-order valence-electron chi connectivity index (χ4n) is 3.37. The number of amides is 1. The molecule has 1 aromatic heterocycles. The number of carbonyl (C=O) groups excluding carboxylic acids is 1. The Hall–Kier alpha value is -2.89. The number of nitrogens with zero attached hydrogens (tertiary/aromatic N) is 2. The maximum atomic E-state index is 12.8. The topological polar surface area (TPSA) is 79.7 Å². The Kier molecular flexibility index (Phi) is 5.21. The molecule has 0 spiro atoms. The number of carbonyl (C=O) groups is 2. The standard InChI is InChI=1S/C20H22N2O4/c1-13-9-16(19(23)22-8-4-6-17(22)20(24)25)10-14(2)18(13)26-12-15-5-3-7-21-11-15/h3,5,7,9-11,17H,4,6,8,12H2,1-2H3,(H,24,25). The van der Waals surface area contributed by atoms with Crippen LogP contribution in [0.2, 0.25) is 0 Å². The van der Waals surface area contributed by atoms with Crippen molar-refractivity contribution in [3.05, 3.63) is 58.9 Å². The number of aliphatic carboxylic acids is 1. The first-order chi connectivity index (χ1) is 12.5. The van der Waals surface area contributed by atoms with Crippen LogP contribution in [0.15, 0.2) is 36.7 Å². The predicted octanol–water partition coefficient (Wildman–Crippen LogP) is 2.97. The summed E-state index contributed by atoms with van der Waals surface area (Å²) in [5.74, 6) is -0.442. The van der Waals surface area contributed by atoms with Crippen LogP contribution in [0.5, 0.6) is 5.75 Å². The molecular weight excluding hydrogens is 332 g/mol. The number of carboxylic acid groups (broad SMARTS) is 1.